The van der Waals surface area contributed by atoms with E-state index in [1.807, 2.05) is 30.5 Å². The van der Waals surface area contributed by atoms with Gasteiger partial charge in [0.1, 0.15) is 0 Å². The van der Waals surface area contributed by atoms with Crippen LogP contribution in [0.4, 0.5) is 0 Å². The lowest BCUT2D eigenvalue weighted by molar-refractivity contribution is 0.966. The Morgan fingerprint density at radius 2 is 1.45 bits per heavy atom. The van der Waals surface area contributed by atoms with E-state index in [-0.39, 0.29) is 0 Å². The van der Waals surface area contributed by atoms with Crippen molar-refractivity contribution in [2.75, 3.05) is 0 Å². The number of hydrogen-bond donors (Lipinski definition) is 2. The molecule has 6 heteroatoms. The first-order valence-electron chi connectivity index (χ1n) is 6.08. The fraction of sp³-hybridized carbons (Fsp3) is 0.143. The highest BCUT2D eigenvalue weighted by atomic mass is 35.5. The highest BCUT2D eigenvalue weighted by Crippen LogP contribution is 2.27. The fourth-order valence-corrected chi connectivity index (χ4v) is 2.59. The Morgan fingerprint density at radius 1 is 0.950 bits per heavy atom. The summed E-state index contributed by atoms with van der Waals surface area (Å²) in [6, 6.07) is 7.38. The Hall–Kier alpha value is -2.27. The van der Waals surface area contributed by atoms with Crippen LogP contribution in [0.1, 0.15) is 11.4 Å². The second kappa shape index (κ2) is 4.38. The number of nitrogens with zero attached hydrogens (tertiary/aromatic N) is 1. The van der Waals surface area contributed by atoms with E-state index in [4.69, 9.17) is 11.6 Å². The maximum atomic E-state index is 11.4. The maximum absolute atomic E-state index is 11.4. The summed E-state index contributed by atoms with van der Waals surface area (Å²) in [4.78, 5) is 27.8. The van der Waals surface area contributed by atoms with E-state index in [1.54, 1.807) is 12.1 Å². The first-order chi connectivity index (χ1) is 9.47. The first kappa shape index (κ1) is 12.7. The van der Waals surface area contributed by atoms with E-state index in [1.165, 1.54) is 0 Å². The first-order valence-corrected chi connectivity index (χ1v) is 6.46. The molecule has 0 atom stereocenters. The average Bonchev–Trinajstić information content (AvgIpc) is 2.71. The number of aryl methyl sites for hydroxylation is 2. The molecule has 0 bridgehead atoms. The van der Waals surface area contributed by atoms with Crippen molar-refractivity contribution < 1.29 is 0 Å². The second-order valence-electron chi connectivity index (χ2n) is 4.71. The van der Waals surface area contributed by atoms with Gasteiger partial charge < -0.3 is 14.5 Å². The predicted molar refractivity (Wildman–Crippen MR) is 79.0 cm³/mol. The summed E-state index contributed by atoms with van der Waals surface area (Å²) >= 11 is 6.30. The minimum absolute atomic E-state index is 0.502. The van der Waals surface area contributed by atoms with Crippen LogP contribution in [0.5, 0.6) is 0 Å². The molecule has 0 aliphatic rings. The molecular weight excluding hydrogens is 278 g/mol. The molecule has 0 amide bonds. The number of fused-ring (bicyclic) bond motifs is 1. The summed E-state index contributed by atoms with van der Waals surface area (Å²) in [5, 5.41) is 0.502. The van der Waals surface area contributed by atoms with Gasteiger partial charge in [0.15, 0.2) is 0 Å². The molecule has 20 heavy (non-hydrogen) atoms. The molecule has 0 fully saturated rings. The quantitative estimate of drug-likeness (QED) is 0.675. The molecule has 3 aromatic rings. The zero-order valence-corrected chi connectivity index (χ0v) is 11.7. The van der Waals surface area contributed by atoms with Crippen LogP contribution in [0, 0.1) is 13.8 Å². The summed E-state index contributed by atoms with van der Waals surface area (Å²) < 4.78 is 1.99. The molecule has 2 aromatic heterocycles. The Kier molecular flexibility index (Phi) is 2.79. The zero-order chi connectivity index (χ0) is 14.4. The van der Waals surface area contributed by atoms with Crippen LogP contribution in [-0.4, -0.2) is 14.5 Å². The van der Waals surface area contributed by atoms with E-state index in [2.05, 4.69) is 9.97 Å². The monoisotopic (exact) mass is 289 g/mol. The summed E-state index contributed by atoms with van der Waals surface area (Å²) in [6.45, 7) is 3.95. The molecule has 0 aliphatic heterocycles. The molecule has 0 saturated carbocycles. The maximum Gasteiger partial charge on any atom is 0.314 e. The molecule has 2 N–H and O–H groups in total. The van der Waals surface area contributed by atoms with Gasteiger partial charge in [0.25, 0.3) is 0 Å². The number of nitrogens with one attached hydrogen (secondary N) is 2. The molecule has 0 spiro atoms. The molecule has 2 heterocycles. The van der Waals surface area contributed by atoms with E-state index in [0.29, 0.717) is 16.1 Å². The number of aromatic nitrogens is 3. The molecule has 102 valence electrons. The molecule has 5 nitrogen and oxygen atoms in total. The zero-order valence-electron chi connectivity index (χ0n) is 11.0. The summed E-state index contributed by atoms with van der Waals surface area (Å²) in [7, 11) is 0. The van der Waals surface area contributed by atoms with Gasteiger partial charge >= 0.3 is 11.1 Å². The normalized spacial score (nSPS) is 11.2. The third-order valence-electron chi connectivity index (χ3n) is 3.30. The summed E-state index contributed by atoms with van der Waals surface area (Å²) in [5.41, 5.74) is 2.53. The molecule has 0 radical (unpaired) electrons. The van der Waals surface area contributed by atoms with Crippen LogP contribution in [0.2, 0.25) is 5.02 Å². The number of H-pyrrole nitrogens is 2. The van der Waals surface area contributed by atoms with Crippen molar-refractivity contribution in [2.24, 2.45) is 0 Å². The lowest BCUT2D eigenvalue weighted by Crippen LogP contribution is -2.28. The standard InChI is InChI=1S/C14H12ClN3O2/c1-7-3-4-8(2)18(7)12-6-11-10(5-9(12)15)16-13(19)14(20)17-11/h3-6H,1-2H3,(H,16,19)(H,17,20). The van der Waals surface area contributed by atoms with Gasteiger partial charge in [-0.05, 0) is 38.1 Å². The minimum Gasteiger partial charge on any atom is -0.317 e. The van der Waals surface area contributed by atoms with Crippen molar-refractivity contribution in [3.63, 3.8) is 0 Å². The summed E-state index contributed by atoms with van der Waals surface area (Å²) in [5.74, 6) is 0. The number of benzene rings is 1. The average molecular weight is 290 g/mol. The van der Waals surface area contributed by atoms with Gasteiger partial charge in [-0.1, -0.05) is 11.6 Å². The molecule has 0 saturated heterocycles. The predicted octanol–water partition coefficient (Wildman–Crippen LogP) is 2.28. The number of rotatable bonds is 1. The van der Waals surface area contributed by atoms with Crippen LogP contribution in [-0.2, 0) is 0 Å². The van der Waals surface area contributed by atoms with Gasteiger partial charge in [-0.15, -0.1) is 0 Å². The van der Waals surface area contributed by atoms with Crippen molar-refractivity contribution in [1.29, 1.82) is 0 Å². The third kappa shape index (κ3) is 1.87. The molecule has 0 unspecified atom stereocenters. The summed E-state index contributed by atoms with van der Waals surface area (Å²) in [6.07, 6.45) is 0. The van der Waals surface area contributed by atoms with Crippen molar-refractivity contribution in [3.05, 3.63) is 61.4 Å². The molecule has 3 rings (SSSR count). The molecular formula is C14H12ClN3O2. The third-order valence-corrected chi connectivity index (χ3v) is 3.60. The number of aromatic amines is 2. The molecule has 0 aliphatic carbocycles. The van der Waals surface area contributed by atoms with Crippen LogP contribution < -0.4 is 11.1 Å². The minimum atomic E-state index is -0.686. The van der Waals surface area contributed by atoms with Gasteiger partial charge in [0.05, 0.1) is 21.7 Å². The largest absolute Gasteiger partial charge is 0.317 e. The van der Waals surface area contributed by atoms with Crippen molar-refractivity contribution in [1.82, 2.24) is 14.5 Å². The molecule has 1 aromatic carbocycles. The van der Waals surface area contributed by atoms with Crippen LogP contribution >= 0.6 is 11.6 Å². The van der Waals surface area contributed by atoms with E-state index < -0.39 is 11.1 Å². The van der Waals surface area contributed by atoms with Gasteiger partial charge in [-0.3, -0.25) is 9.59 Å². The van der Waals surface area contributed by atoms with Crippen LogP contribution in [0.15, 0.2) is 33.9 Å². The van der Waals surface area contributed by atoms with Gasteiger partial charge in [-0.2, -0.15) is 0 Å². The van der Waals surface area contributed by atoms with E-state index >= 15 is 0 Å². The Morgan fingerprint density at radius 3 is 2.00 bits per heavy atom. The number of halogens is 1. The van der Waals surface area contributed by atoms with Crippen molar-refractivity contribution >= 4 is 22.6 Å². The van der Waals surface area contributed by atoms with Crippen LogP contribution in [0.3, 0.4) is 0 Å². The van der Waals surface area contributed by atoms with E-state index in [0.717, 1.165) is 17.1 Å². The highest BCUT2D eigenvalue weighted by Gasteiger charge is 2.10. The highest BCUT2D eigenvalue weighted by molar-refractivity contribution is 6.33. The fourth-order valence-electron chi connectivity index (χ4n) is 2.35. The SMILES string of the molecule is Cc1ccc(C)n1-c1cc2[nH]c(=O)c(=O)[nH]c2cc1Cl. The van der Waals surface area contributed by atoms with Crippen molar-refractivity contribution in [2.45, 2.75) is 13.8 Å². The van der Waals surface area contributed by atoms with Crippen molar-refractivity contribution in [3.8, 4) is 5.69 Å². The Balaban J connectivity index is 2.38. The topological polar surface area (TPSA) is 70.7 Å². The number of hydrogen-bond acceptors (Lipinski definition) is 2. The smallest absolute Gasteiger partial charge is 0.314 e. The Labute approximate surface area is 118 Å². The van der Waals surface area contributed by atoms with Gasteiger partial charge in [-0.25, -0.2) is 0 Å². The van der Waals surface area contributed by atoms with Gasteiger partial charge in [0, 0.05) is 11.4 Å². The second-order valence-corrected chi connectivity index (χ2v) is 5.12. The lowest BCUT2D eigenvalue weighted by Gasteiger charge is -2.12. The lowest BCUT2D eigenvalue weighted by atomic mass is 10.2. The van der Waals surface area contributed by atoms with Gasteiger partial charge in [0.2, 0.25) is 0 Å². The Bertz CT molecular complexity index is 914. The van der Waals surface area contributed by atoms with Crippen LogP contribution in [0.25, 0.3) is 16.7 Å². The van der Waals surface area contributed by atoms with E-state index in [9.17, 15) is 9.59 Å².